The first-order valence-corrected chi connectivity index (χ1v) is 9.81. The standard InChI is InChI=1S/C18H16BrNO3S/c1-12-7-8-17(15(19)9-12)24(22,23)11-13-10-18(21)20(2)16-6-4-3-5-14(13)16/h3-10H,11H2,1-2H3. The molecule has 0 atom stereocenters. The van der Waals surface area contributed by atoms with Crippen molar-refractivity contribution in [2.45, 2.75) is 17.6 Å². The van der Waals surface area contributed by atoms with Gasteiger partial charge in [0.25, 0.3) is 5.56 Å². The van der Waals surface area contributed by atoms with Gasteiger partial charge < -0.3 is 4.57 Å². The fourth-order valence-electron chi connectivity index (χ4n) is 2.74. The van der Waals surface area contributed by atoms with Gasteiger partial charge in [0.2, 0.25) is 0 Å². The van der Waals surface area contributed by atoms with Gasteiger partial charge in [-0.2, -0.15) is 0 Å². The number of sulfone groups is 1. The van der Waals surface area contributed by atoms with Crippen LogP contribution in [-0.2, 0) is 22.6 Å². The summed E-state index contributed by atoms with van der Waals surface area (Å²) in [5.74, 6) is -0.217. The zero-order valence-electron chi connectivity index (χ0n) is 13.3. The number of benzene rings is 2. The van der Waals surface area contributed by atoms with Gasteiger partial charge in [0.15, 0.2) is 9.84 Å². The Morgan fingerprint density at radius 3 is 2.50 bits per heavy atom. The van der Waals surface area contributed by atoms with Gasteiger partial charge in [-0.3, -0.25) is 4.79 Å². The summed E-state index contributed by atoms with van der Waals surface area (Å²) in [5.41, 5.74) is 1.99. The topological polar surface area (TPSA) is 56.1 Å². The van der Waals surface area contributed by atoms with E-state index < -0.39 is 9.84 Å². The first-order chi connectivity index (χ1) is 11.3. The molecule has 2 aromatic carbocycles. The molecule has 124 valence electrons. The number of nitrogens with zero attached hydrogens (tertiary/aromatic N) is 1. The molecule has 6 heteroatoms. The number of pyridine rings is 1. The van der Waals surface area contributed by atoms with Crippen LogP contribution in [0.5, 0.6) is 0 Å². The average Bonchev–Trinajstić information content (AvgIpc) is 2.51. The average molecular weight is 406 g/mol. The van der Waals surface area contributed by atoms with Crippen molar-refractivity contribution in [2.75, 3.05) is 0 Å². The molecule has 0 aliphatic carbocycles. The Balaban J connectivity index is 2.16. The van der Waals surface area contributed by atoms with Crippen LogP contribution in [0.3, 0.4) is 0 Å². The first-order valence-electron chi connectivity index (χ1n) is 7.36. The Morgan fingerprint density at radius 1 is 1.08 bits per heavy atom. The second kappa shape index (κ2) is 6.18. The van der Waals surface area contributed by atoms with Gasteiger partial charge in [-0.05, 0) is 52.2 Å². The highest BCUT2D eigenvalue weighted by atomic mass is 79.9. The summed E-state index contributed by atoms with van der Waals surface area (Å²) in [5, 5.41) is 0.770. The van der Waals surface area contributed by atoms with E-state index in [1.54, 1.807) is 25.2 Å². The molecular weight excluding hydrogens is 390 g/mol. The smallest absolute Gasteiger partial charge is 0.251 e. The third-order valence-corrected chi connectivity index (χ3v) is 6.64. The number of fused-ring (bicyclic) bond motifs is 1. The number of para-hydroxylation sites is 1. The summed E-state index contributed by atoms with van der Waals surface area (Å²) >= 11 is 3.33. The number of aryl methyl sites for hydroxylation is 2. The minimum atomic E-state index is -3.58. The third-order valence-electron chi connectivity index (χ3n) is 4.01. The molecule has 24 heavy (non-hydrogen) atoms. The lowest BCUT2D eigenvalue weighted by molar-refractivity contribution is 0.595. The monoisotopic (exact) mass is 405 g/mol. The van der Waals surface area contributed by atoms with Crippen molar-refractivity contribution >= 4 is 36.7 Å². The quantitative estimate of drug-likeness (QED) is 0.668. The van der Waals surface area contributed by atoms with Gasteiger partial charge in [-0.1, -0.05) is 24.3 Å². The molecule has 0 bridgehead atoms. The Morgan fingerprint density at radius 2 is 1.79 bits per heavy atom. The van der Waals surface area contributed by atoms with Crippen molar-refractivity contribution in [3.8, 4) is 0 Å². The van der Waals surface area contributed by atoms with Crippen molar-refractivity contribution in [1.82, 2.24) is 4.57 Å². The lowest BCUT2D eigenvalue weighted by Crippen LogP contribution is -2.18. The molecule has 3 rings (SSSR count). The lowest BCUT2D eigenvalue weighted by atomic mass is 10.1. The van der Waals surface area contributed by atoms with Crippen LogP contribution in [-0.4, -0.2) is 13.0 Å². The van der Waals surface area contributed by atoms with Gasteiger partial charge in [0.1, 0.15) is 0 Å². The van der Waals surface area contributed by atoms with Crippen LogP contribution in [0, 0.1) is 6.92 Å². The second-order valence-corrected chi connectivity index (χ2v) is 8.59. The van der Waals surface area contributed by atoms with Crippen LogP contribution in [0.15, 0.2) is 62.7 Å². The van der Waals surface area contributed by atoms with Crippen molar-refractivity contribution in [3.63, 3.8) is 0 Å². The zero-order valence-corrected chi connectivity index (χ0v) is 15.7. The molecule has 0 saturated carbocycles. The van der Waals surface area contributed by atoms with Crippen LogP contribution >= 0.6 is 15.9 Å². The van der Waals surface area contributed by atoms with E-state index in [4.69, 9.17) is 0 Å². The van der Waals surface area contributed by atoms with Gasteiger partial charge in [0.05, 0.1) is 16.2 Å². The Bertz CT molecular complexity index is 1100. The van der Waals surface area contributed by atoms with Crippen molar-refractivity contribution in [3.05, 3.63) is 74.5 Å². The van der Waals surface area contributed by atoms with Crippen molar-refractivity contribution < 1.29 is 8.42 Å². The second-order valence-electron chi connectivity index (χ2n) is 5.78. The van der Waals surface area contributed by atoms with E-state index in [-0.39, 0.29) is 16.2 Å². The lowest BCUT2D eigenvalue weighted by Gasteiger charge is -2.12. The highest BCUT2D eigenvalue weighted by molar-refractivity contribution is 9.10. The van der Waals surface area contributed by atoms with Crippen LogP contribution < -0.4 is 5.56 Å². The minimum Gasteiger partial charge on any atom is -0.311 e. The summed E-state index contributed by atoms with van der Waals surface area (Å²) in [6.45, 7) is 1.90. The highest BCUT2D eigenvalue weighted by Gasteiger charge is 2.20. The Hall–Kier alpha value is -1.92. The molecule has 0 aliphatic heterocycles. The molecule has 0 amide bonds. The van der Waals surface area contributed by atoms with Crippen LogP contribution in [0.1, 0.15) is 11.1 Å². The first kappa shape index (κ1) is 16.9. The summed E-state index contributed by atoms with van der Waals surface area (Å²) in [4.78, 5) is 12.4. The molecule has 0 unspecified atom stereocenters. The number of hydrogen-bond donors (Lipinski definition) is 0. The predicted octanol–water partition coefficient (Wildman–Crippen LogP) is 3.58. The maximum absolute atomic E-state index is 12.8. The van der Waals surface area contributed by atoms with Crippen molar-refractivity contribution in [1.29, 1.82) is 0 Å². The van der Waals surface area contributed by atoms with Gasteiger partial charge >= 0.3 is 0 Å². The van der Waals surface area contributed by atoms with Gasteiger partial charge in [-0.15, -0.1) is 0 Å². The highest BCUT2D eigenvalue weighted by Crippen LogP contribution is 2.27. The SMILES string of the molecule is Cc1ccc(S(=O)(=O)Cc2cc(=O)n(C)c3ccccc23)c(Br)c1. The molecule has 0 radical (unpaired) electrons. The van der Waals surface area contributed by atoms with Gasteiger partial charge in [-0.25, -0.2) is 8.42 Å². The molecule has 4 nitrogen and oxygen atoms in total. The Labute approximate surface area is 148 Å². The van der Waals surface area contributed by atoms with E-state index in [9.17, 15) is 13.2 Å². The largest absolute Gasteiger partial charge is 0.311 e. The third kappa shape index (κ3) is 3.03. The van der Waals surface area contributed by atoms with E-state index >= 15 is 0 Å². The van der Waals surface area contributed by atoms with Crippen LogP contribution in [0.25, 0.3) is 10.9 Å². The van der Waals surface area contributed by atoms with Crippen molar-refractivity contribution in [2.24, 2.45) is 7.05 Å². The fourth-order valence-corrected chi connectivity index (χ4v) is 5.41. The molecule has 0 saturated heterocycles. The number of rotatable bonds is 3. The number of aromatic nitrogens is 1. The molecule has 1 heterocycles. The number of halogens is 1. The van der Waals surface area contributed by atoms with Crippen LogP contribution in [0.4, 0.5) is 0 Å². The maximum Gasteiger partial charge on any atom is 0.251 e. The van der Waals surface area contributed by atoms with E-state index in [0.29, 0.717) is 10.0 Å². The molecule has 0 fully saturated rings. The predicted molar refractivity (Wildman–Crippen MR) is 99.0 cm³/mol. The van der Waals surface area contributed by atoms with E-state index in [0.717, 1.165) is 16.5 Å². The van der Waals surface area contributed by atoms with E-state index in [2.05, 4.69) is 15.9 Å². The maximum atomic E-state index is 12.8. The molecule has 0 aliphatic rings. The molecule has 3 aromatic rings. The van der Waals surface area contributed by atoms with Crippen LogP contribution in [0.2, 0.25) is 0 Å². The normalized spacial score (nSPS) is 11.8. The molecule has 0 spiro atoms. The summed E-state index contributed by atoms with van der Waals surface area (Å²) in [6.07, 6.45) is 0. The fraction of sp³-hybridized carbons (Fsp3) is 0.167. The van der Waals surface area contributed by atoms with Gasteiger partial charge in [0, 0.05) is 23.0 Å². The zero-order chi connectivity index (χ0) is 17.5. The summed E-state index contributed by atoms with van der Waals surface area (Å²) in [6, 6.07) is 13.9. The van der Waals surface area contributed by atoms with E-state index in [1.165, 1.54) is 10.6 Å². The number of hydrogen-bond acceptors (Lipinski definition) is 3. The Kier molecular flexibility index (Phi) is 4.36. The molecule has 1 aromatic heterocycles. The summed E-state index contributed by atoms with van der Waals surface area (Å²) in [7, 11) is -1.90. The molecule has 0 N–H and O–H groups in total. The minimum absolute atomic E-state index is 0.217. The van der Waals surface area contributed by atoms with E-state index in [1.807, 2.05) is 31.2 Å². The summed E-state index contributed by atoms with van der Waals surface area (Å²) < 4.78 is 27.7. The molecular formula is C18H16BrNO3S.